The van der Waals surface area contributed by atoms with Crippen LogP contribution in [0.5, 0.6) is 0 Å². The molecule has 1 atom stereocenters. The van der Waals surface area contributed by atoms with Crippen molar-refractivity contribution < 1.29 is 4.42 Å². The topological polar surface area (TPSA) is 16.4 Å². The fourth-order valence-corrected chi connectivity index (χ4v) is 7.17. The summed E-state index contributed by atoms with van der Waals surface area (Å²) in [7, 11) is 0. The molecule has 1 unspecified atom stereocenters. The molecule has 0 radical (unpaired) electrons. The molecule has 7 aromatic carbocycles. The number of fused-ring (bicyclic) bond motifs is 3. The number of anilines is 2. The van der Waals surface area contributed by atoms with Gasteiger partial charge in [0, 0.05) is 33.8 Å². The van der Waals surface area contributed by atoms with E-state index in [1.807, 2.05) is 0 Å². The average Bonchev–Trinajstić information content (AvgIpc) is 3.57. The molecule has 0 amide bonds. The Morgan fingerprint density at radius 1 is 0.440 bits per heavy atom. The van der Waals surface area contributed by atoms with E-state index in [2.05, 4.69) is 199 Å². The van der Waals surface area contributed by atoms with E-state index in [0.717, 1.165) is 39.7 Å². The van der Waals surface area contributed by atoms with Crippen molar-refractivity contribution in [2.75, 3.05) is 4.90 Å². The van der Waals surface area contributed by atoms with Crippen LogP contribution in [0.25, 0.3) is 55.3 Å². The third-order valence-corrected chi connectivity index (χ3v) is 9.83. The van der Waals surface area contributed by atoms with Gasteiger partial charge < -0.3 is 9.32 Å². The fraction of sp³-hybridized carbons (Fsp3) is 0.0417. The minimum atomic E-state index is 0.399. The van der Waals surface area contributed by atoms with E-state index < -0.39 is 0 Å². The Morgan fingerprint density at radius 3 is 1.46 bits per heavy atom. The summed E-state index contributed by atoms with van der Waals surface area (Å²) in [6, 6.07) is 62.7. The van der Waals surface area contributed by atoms with Gasteiger partial charge in [0.05, 0.1) is 0 Å². The second-order valence-corrected chi connectivity index (χ2v) is 12.9. The molecule has 1 aliphatic rings. The predicted molar refractivity (Wildman–Crippen MR) is 210 cm³/mol. The smallest absolute Gasteiger partial charge is 0.135 e. The van der Waals surface area contributed by atoms with Crippen LogP contribution in [0.2, 0.25) is 0 Å². The van der Waals surface area contributed by atoms with Gasteiger partial charge in [-0.15, -0.1) is 0 Å². The van der Waals surface area contributed by atoms with Gasteiger partial charge in [-0.1, -0.05) is 140 Å². The summed E-state index contributed by atoms with van der Waals surface area (Å²) in [5.41, 5.74) is 13.8. The molecule has 2 heteroatoms. The lowest BCUT2D eigenvalue weighted by Gasteiger charge is -2.29. The van der Waals surface area contributed by atoms with Crippen molar-refractivity contribution in [3.63, 3.8) is 0 Å². The van der Waals surface area contributed by atoms with Gasteiger partial charge in [0.2, 0.25) is 0 Å². The van der Waals surface area contributed by atoms with E-state index in [1.165, 1.54) is 44.6 Å². The van der Waals surface area contributed by atoms with Crippen molar-refractivity contribution in [2.45, 2.75) is 12.3 Å². The lowest BCUT2D eigenvalue weighted by atomic mass is 9.91. The maximum atomic E-state index is 6.22. The van der Waals surface area contributed by atoms with Gasteiger partial charge in [0.15, 0.2) is 0 Å². The van der Waals surface area contributed by atoms with Gasteiger partial charge in [-0.25, -0.2) is 0 Å². The highest BCUT2D eigenvalue weighted by molar-refractivity contribution is 6.07. The van der Waals surface area contributed by atoms with Crippen LogP contribution in [0.4, 0.5) is 11.4 Å². The summed E-state index contributed by atoms with van der Waals surface area (Å²) >= 11 is 0. The van der Waals surface area contributed by atoms with Gasteiger partial charge in [0.1, 0.15) is 11.2 Å². The molecule has 2 nitrogen and oxygen atoms in total. The lowest BCUT2D eigenvalue weighted by Crippen LogP contribution is -2.17. The largest absolute Gasteiger partial charge is 0.456 e. The number of furan rings is 1. The number of benzene rings is 7. The molecule has 0 aliphatic heterocycles. The lowest BCUT2D eigenvalue weighted by molar-refractivity contribution is 0.669. The molecule has 8 aromatic rings. The van der Waals surface area contributed by atoms with Gasteiger partial charge in [-0.3, -0.25) is 0 Å². The highest BCUT2D eigenvalue weighted by atomic mass is 16.3. The maximum Gasteiger partial charge on any atom is 0.135 e. The van der Waals surface area contributed by atoms with Crippen LogP contribution in [0.15, 0.2) is 204 Å². The van der Waals surface area contributed by atoms with Crippen molar-refractivity contribution >= 4 is 33.3 Å². The summed E-state index contributed by atoms with van der Waals surface area (Å²) in [5, 5.41) is 2.27. The summed E-state index contributed by atoms with van der Waals surface area (Å²) in [6.45, 7) is 0. The van der Waals surface area contributed by atoms with Crippen LogP contribution in [-0.2, 0) is 0 Å². The molecule has 0 spiro atoms. The van der Waals surface area contributed by atoms with E-state index in [0.29, 0.717) is 5.92 Å². The standard InChI is InChI=1S/C48H35NO/c1-4-10-34(11-5-1)37-20-26-43(27-21-37)49(42-14-8-3-9-15-42)44-28-22-38(23-29-44)36-16-18-39(19-17-36)41-25-31-48-46(33-41)45-32-40(24-30-47(45)50-48)35-12-6-2-7-13-35/h1-20,22-33,37H,21H2. The first-order chi connectivity index (χ1) is 24.8. The zero-order valence-corrected chi connectivity index (χ0v) is 27.6. The first-order valence-corrected chi connectivity index (χ1v) is 17.3. The fourth-order valence-electron chi connectivity index (χ4n) is 7.17. The van der Waals surface area contributed by atoms with Crippen LogP contribution in [0, 0.1) is 0 Å². The zero-order chi connectivity index (χ0) is 33.3. The number of nitrogens with zero attached hydrogens (tertiary/aromatic N) is 1. The maximum absolute atomic E-state index is 6.22. The van der Waals surface area contributed by atoms with Crippen LogP contribution in [0.1, 0.15) is 17.9 Å². The second-order valence-electron chi connectivity index (χ2n) is 12.9. The normalized spacial score (nSPS) is 14.2. The third-order valence-electron chi connectivity index (χ3n) is 9.83. The molecule has 238 valence electrons. The van der Waals surface area contributed by atoms with Gasteiger partial charge in [-0.05, 0) is 100.0 Å². The van der Waals surface area contributed by atoms with E-state index in [1.54, 1.807) is 0 Å². The number of para-hydroxylation sites is 1. The summed E-state index contributed by atoms with van der Waals surface area (Å²) in [4.78, 5) is 2.35. The van der Waals surface area contributed by atoms with Crippen molar-refractivity contribution in [1.29, 1.82) is 0 Å². The highest BCUT2D eigenvalue weighted by Crippen LogP contribution is 2.38. The van der Waals surface area contributed by atoms with Gasteiger partial charge in [-0.2, -0.15) is 0 Å². The molecule has 0 N–H and O–H groups in total. The Hall–Kier alpha value is -6.38. The first kappa shape index (κ1) is 29.7. The molecule has 1 heterocycles. The van der Waals surface area contributed by atoms with Crippen LogP contribution >= 0.6 is 0 Å². The molecule has 0 bridgehead atoms. The highest BCUT2D eigenvalue weighted by Gasteiger charge is 2.18. The van der Waals surface area contributed by atoms with E-state index >= 15 is 0 Å². The summed E-state index contributed by atoms with van der Waals surface area (Å²) in [6.07, 6.45) is 7.95. The van der Waals surface area contributed by atoms with Crippen LogP contribution in [-0.4, -0.2) is 0 Å². The quantitative estimate of drug-likeness (QED) is 0.172. The summed E-state index contributed by atoms with van der Waals surface area (Å²) in [5.74, 6) is 0.399. The third kappa shape index (κ3) is 5.71. The van der Waals surface area contributed by atoms with E-state index in [9.17, 15) is 0 Å². The zero-order valence-electron chi connectivity index (χ0n) is 27.6. The molecule has 1 aromatic heterocycles. The number of hydrogen-bond donors (Lipinski definition) is 0. The molecule has 50 heavy (non-hydrogen) atoms. The molecule has 1 aliphatic carbocycles. The Balaban J connectivity index is 0.980. The van der Waals surface area contributed by atoms with Crippen molar-refractivity contribution in [3.05, 3.63) is 205 Å². The Kier molecular flexibility index (Phi) is 7.68. The number of hydrogen-bond acceptors (Lipinski definition) is 2. The molecule has 0 saturated carbocycles. The average molecular weight is 642 g/mol. The van der Waals surface area contributed by atoms with Crippen molar-refractivity contribution in [3.8, 4) is 33.4 Å². The molecule has 0 fully saturated rings. The Labute approximate surface area is 292 Å². The summed E-state index contributed by atoms with van der Waals surface area (Å²) < 4.78 is 6.22. The molecular formula is C48H35NO. The SMILES string of the molecule is C1=CC(c2ccccc2)CC=C1N(c1ccccc1)c1ccc(-c2ccc(-c3ccc4oc5ccc(-c6ccccc6)cc5c4c3)cc2)cc1. The molecule has 0 saturated heterocycles. The first-order valence-electron chi connectivity index (χ1n) is 17.3. The number of allylic oxidation sites excluding steroid dienone is 3. The monoisotopic (exact) mass is 641 g/mol. The minimum Gasteiger partial charge on any atom is -0.456 e. The van der Waals surface area contributed by atoms with Crippen molar-refractivity contribution in [1.82, 2.24) is 0 Å². The van der Waals surface area contributed by atoms with Gasteiger partial charge >= 0.3 is 0 Å². The van der Waals surface area contributed by atoms with E-state index in [4.69, 9.17) is 4.42 Å². The van der Waals surface area contributed by atoms with Crippen LogP contribution in [0.3, 0.4) is 0 Å². The minimum absolute atomic E-state index is 0.399. The predicted octanol–water partition coefficient (Wildman–Crippen LogP) is 13.4. The molecule has 9 rings (SSSR count). The molecular weight excluding hydrogens is 607 g/mol. The van der Waals surface area contributed by atoms with E-state index in [-0.39, 0.29) is 0 Å². The van der Waals surface area contributed by atoms with Crippen molar-refractivity contribution in [2.24, 2.45) is 0 Å². The number of rotatable bonds is 7. The Morgan fingerprint density at radius 2 is 0.900 bits per heavy atom. The van der Waals surface area contributed by atoms with Gasteiger partial charge in [0.25, 0.3) is 0 Å². The second kappa shape index (κ2) is 12.9. The Bertz CT molecular complexity index is 2470. The van der Waals surface area contributed by atoms with Crippen LogP contribution < -0.4 is 4.90 Å².